The minimum absolute atomic E-state index is 0.0856. The second-order valence-electron chi connectivity index (χ2n) is 7.88. The number of hydrogen-bond acceptors (Lipinski definition) is 3. The Morgan fingerprint density at radius 3 is 2.79 bits per heavy atom. The van der Waals surface area contributed by atoms with Crippen molar-refractivity contribution >= 4 is 22.9 Å². The number of fused-ring (bicyclic) bond motifs is 1. The van der Waals surface area contributed by atoms with Crippen LogP contribution in [0.15, 0.2) is 24.3 Å². The number of halogens is 1. The Hall–Kier alpha value is -2.57. The zero-order chi connectivity index (χ0) is 19.8. The van der Waals surface area contributed by atoms with Crippen LogP contribution in [0.3, 0.4) is 0 Å². The quantitative estimate of drug-likeness (QED) is 0.868. The van der Waals surface area contributed by atoms with Gasteiger partial charge in [0, 0.05) is 30.0 Å². The Kier molecular flexibility index (Phi) is 5.00. The van der Waals surface area contributed by atoms with Gasteiger partial charge in [0.1, 0.15) is 18.1 Å². The van der Waals surface area contributed by atoms with E-state index in [1.54, 1.807) is 17.0 Å². The van der Waals surface area contributed by atoms with Crippen LogP contribution in [0.1, 0.15) is 43.6 Å². The number of cyclic esters (lactones) is 1. The van der Waals surface area contributed by atoms with Gasteiger partial charge in [-0.25, -0.2) is 9.18 Å². The predicted octanol–water partition coefficient (Wildman–Crippen LogP) is 3.78. The Labute approximate surface area is 163 Å². The van der Waals surface area contributed by atoms with E-state index >= 15 is 0 Å². The molecule has 2 aliphatic heterocycles. The SMILES string of the molecule is CC[C@H](C)[C@@H]1COC(=O)N1C1CCN(C(=O)c2cc3cc(F)ccc3[nH]2)CC1. The summed E-state index contributed by atoms with van der Waals surface area (Å²) in [5.74, 6) is -0.0185. The summed E-state index contributed by atoms with van der Waals surface area (Å²) < 4.78 is 18.7. The summed E-state index contributed by atoms with van der Waals surface area (Å²) in [6.45, 7) is 5.91. The van der Waals surface area contributed by atoms with Gasteiger partial charge >= 0.3 is 6.09 Å². The van der Waals surface area contributed by atoms with Crippen LogP contribution in [-0.2, 0) is 4.74 Å². The molecule has 6 nitrogen and oxygen atoms in total. The van der Waals surface area contributed by atoms with Crippen LogP contribution in [0.4, 0.5) is 9.18 Å². The molecular weight excluding hydrogens is 361 g/mol. The second-order valence-corrected chi connectivity index (χ2v) is 7.88. The third kappa shape index (κ3) is 3.34. The number of rotatable bonds is 4. The number of nitrogens with one attached hydrogen (secondary N) is 1. The summed E-state index contributed by atoms with van der Waals surface area (Å²) in [5, 5.41) is 0.689. The second kappa shape index (κ2) is 7.45. The van der Waals surface area contributed by atoms with Crippen LogP contribution in [0.2, 0.25) is 0 Å². The van der Waals surface area contributed by atoms with E-state index in [0.717, 1.165) is 24.8 Å². The molecule has 0 radical (unpaired) electrons. The first-order valence-electron chi connectivity index (χ1n) is 10.0. The molecule has 0 saturated carbocycles. The van der Waals surface area contributed by atoms with Crippen molar-refractivity contribution in [3.63, 3.8) is 0 Å². The van der Waals surface area contributed by atoms with Crippen molar-refractivity contribution in [2.75, 3.05) is 19.7 Å². The number of ether oxygens (including phenoxy) is 1. The van der Waals surface area contributed by atoms with Gasteiger partial charge in [-0.1, -0.05) is 20.3 Å². The zero-order valence-electron chi connectivity index (χ0n) is 16.3. The lowest BCUT2D eigenvalue weighted by atomic mass is 9.95. The number of benzene rings is 1. The van der Waals surface area contributed by atoms with Crippen LogP contribution >= 0.6 is 0 Å². The van der Waals surface area contributed by atoms with Crippen molar-refractivity contribution in [3.05, 3.63) is 35.8 Å². The number of piperidine rings is 1. The molecule has 7 heteroatoms. The van der Waals surface area contributed by atoms with Crippen LogP contribution in [0, 0.1) is 11.7 Å². The molecule has 2 atom stereocenters. The van der Waals surface area contributed by atoms with Crippen molar-refractivity contribution in [3.8, 4) is 0 Å². The highest BCUT2D eigenvalue weighted by atomic mass is 19.1. The fraction of sp³-hybridized carbons (Fsp3) is 0.524. The number of hydrogen-bond donors (Lipinski definition) is 1. The van der Waals surface area contributed by atoms with Crippen molar-refractivity contribution in [2.45, 2.75) is 45.2 Å². The van der Waals surface area contributed by atoms with E-state index in [1.165, 1.54) is 12.1 Å². The molecule has 0 unspecified atom stereocenters. The third-order valence-electron chi connectivity index (χ3n) is 6.20. The molecule has 1 aromatic heterocycles. The first kappa shape index (κ1) is 18.8. The Bertz CT molecular complexity index is 888. The average Bonchev–Trinajstić information content (AvgIpc) is 3.30. The van der Waals surface area contributed by atoms with Crippen LogP contribution < -0.4 is 0 Å². The molecule has 2 aromatic rings. The van der Waals surface area contributed by atoms with Gasteiger partial charge in [0.15, 0.2) is 0 Å². The summed E-state index contributed by atoms with van der Waals surface area (Å²) in [4.78, 5) is 31.9. The number of aromatic amines is 1. The minimum atomic E-state index is -0.320. The van der Waals surface area contributed by atoms with Gasteiger partial charge in [0.25, 0.3) is 5.91 Å². The van der Waals surface area contributed by atoms with Crippen LogP contribution in [-0.4, -0.2) is 58.6 Å². The van der Waals surface area contributed by atoms with Gasteiger partial charge in [-0.2, -0.15) is 0 Å². The highest BCUT2D eigenvalue weighted by molar-refractivity contribution is 5.98. The molecule has 2 amide bonds. The van der Waals surface area contributed by atoms with Crippen molar-refractivity contribution < 1.29 is 18.7 Å². The molecule has 1 N–H and O–H groups in total. The van der Waals surface area contributed by atoms with E-state index in [1.807, 2.05) is 4.90 Å². The number of amides is 2. The molecule has 2 fully saturated rings. The van der Waals surface area contributed by atoms with Gasteiger partial charge in [0.2, 0.25) is 0 Å². The lowest BCUT2D eigenvalue weighted by Crippen LogP contribution is -2.51. The van der Waals surface area contributed by atoms with E-state index in [-0.39, 0.29) is 29.9 Å². The van der Waals surface area contributed by atoms with Gasteiger partial charge in [0.05, 0.1) is 6.04 Å². The van der Waals surface area contributed by atoms with Gasteiger partial charge < -0.3 is 14.6 Å². The molecule has 28 heavy (non-hydrogen) atoms. The maximum absolute atomic E-state index is 13.4. The summed E-state index contributed by atoms with van der Waals surface area (Å²) >= 11 is 0. The molecule has 4 rings (SSSR count). The molecule has 3 heterocycles. The lowest BCUT2D eigenvalue weighted by Gasteiger charge is -2.39. The topological polar surface area (TPSA) is 65.6 Å². The summed E-state index contributed by atoms with van der Waals surface area (Å²) in [6, 6.07) is 6.36. The van der Waals surface area contributed by atoms with Gasteiger partial charge in [-0.15, -0.1) is 0 Å². The Morgan fingerprint density at radius 1 is 1.32 bits per heavy atom. The molecule has 0 spiro atoms. The largest absolute Gasteiger partial charge is 0.447 e. The maximum atomic E-state index is 13.4. The highest BCUT2D eigenvalue weighted by Crippen LogP contribution is 2.29. The fourth-order valence-electron chi connectivity index (χ4n) is 4.31. The number of likely N-dealkylation sites (tertiary alicyclic amines) is 1. The standard InChI is InChI=1S/C21H26FN3O3/c1-3-13(2)19-12-28-21(27)25(19)16-6-8-24(9-7-16)20(26)18-11-14-10-15(22)4-5-17(14)23-18/h4-5,10-11,13,16,19,23H,3,6-9,12H2,1-2H3/t13-,19-/m0/s1. The number of carbonyl (C=O) groups excluding carboxylic acids is 2. The summed E-state index contributed by atoms with van der Waals surface area (Å²) in [5.41, 5.74) is 1.22. The van der Waals surface area contributed by atoms with Crippen molar-refractivity contribution in [2.24, 2.45) is 5.92 Å². The predicted molar refractivity (Wildman–Crippen MR) is 104 cm³/mol. The first-order chi connectivity index (χ1) is 13.5. The highest BCUT2D eigenvalue weighted by Gasteiger charge is 2.41. The summed E-state index contributed by atoms with van der Waals surface area (Å²) in [6.07, 6.45) is 2.24. The van der Waals surface area contributed by atoms with E-state index in [0.29, 0.717) is 36.7 Å². The van der Waals surface area contributed by atoms with Gasteiger partial charge in [-0.05, 0) is 43.0 Å². The number of carbonyl (C=O) groups is 2. The van der Waals surface area contributed by atoms with Crippen molar-refractivity contribution in [1.29, 1.82) is 0 Å². The smallest absolute Gasteiger partial charge is 0.410 e. The molecule has 2 saturated heterocycles. The monoisotopic (exact) mass is 387 g/mol. The molecule has 0 bridgehead atoms. The maximum Gasteiger partial charge on any atom is 0.410 e. The summed E-state index contributed by atoms with van der Waals surface area (Å²) in [7, 11) is 0. The molecule has 2 aliphatic rings. The normalized spacial score (nSPS) is 22.0. The van der Waals surface area contributed by atoms with Crippen LogP contribution in [0.25, 0.3) is 10.9 Å². The van der Waals surface area contributed by atoms with E-state index in [9.17, 15) is 14.0 Å². The fourth-order valence-corrected chi connectivity index (χ4v) is 4.31. The number of nitrogens with zero attached hydrogens (tertiary/aromatic N) is 2. The number of H-pyrrole nitrogens is 1. The Balaban J connectivity index is 1.43. The van der Waals surface area contributed by atoms with Crippen LogP contribution in [0.5, 0.6) is 0 Å². The average molecular weight is 387 g/mol. The van der Waals surface area contributed by atoms with E-state index in [2.05, 4.69) is 18.8 Å². The molecular formula is C21H26FN3O3. The van der Waals surface area contributed by atoms with E-state index < -0.39 is 0 Å². The minimum Gasteiger partial charge on any atom is -0.447 e. The molecule has 150 valence electrons. The third-order valence-corrected chi connectivity index (χ3v) is 6.20. The van der Waals surface area contributed by atoms with E-state index in [4.69, 9.17) is 4.74 Å². The Morgan fingerprint density at radius 2 is 2.07 bits per heavy atom. The lowest BCUT2D eigenvalue weighted by molar-refractivity contribution is 0.0610. The van der Waals surface area contributed by atoms with Gasteiger partial charge in [-0.3, -0.25) is 9.69 Å². The first-order valence-corrected chi connectivity index (χ1v) is 10.0. The molecule has 1 aromatic carbocycles. The molecule has 0 aliphatic carbocycles. The van der Waals surface area contributed by atoms with Crippen molar-refractivity contribution in [1.82, 2.24) is 14.8 Å². The zero-order valence-corrected chi connectivity index (χ0v) is 16.3. The number of aromatic nitrogens is 1.